The van der Waals surface area contributed by atoms with Crippen molar-refractivity contribution in [2.24, 2.45) is 0 Å². The molecule has 0 bridgehead atoms. The van der Waals surface area contributed by atoms with Gasteiger partial charge in [-0.05, 0) is 71.5 Å². The largest absolute Gasteiger partial charge is 0.399 e. The molecule has 0 amide bonds. The van der Waals surface area contributed by atoms with E-state index in [0.29, 0.717) is 0 Å². The molecule has 5 heteroatoms. The van der Waals surface area contributed by atoms with Gasteiger partial charge < -0.3 is 11.1 Å². The minimum atomic E-state index is -0.225. The number of anilines is 1. The maximum absolute atomic E-state index is 13.8. The SMILES string of the molecule is Nc1cccc(CNCCN2Cc3ccc(F)cc3CC2Cc2ccc(F)cc2)c1. The van der Waals surface area contributed by atoms with Crippen molar-refractivity contribution in [3.63, 3.8) is 0 Å². The van der Waals surface area contributed by atoms with Gasteiger partial charge in [0.2, 0.25) is 0 Å². The van der Waals surface area contributed by atoms with Gasteiger partial charge in [-0.2, -0.15) is 0 Å². The highest BCUT2D eigenvalue weighted by atomic mass is 19.1. The summed E-state index contributed by atoms with van der Waals surface area (Å²) in [5.41, 5.74) is 11.1. The molecule has 1 heterocycles. The fourth-order valence-electron chi connectivity index (χ4n) is 4.18. The van der Waals surface area contributed by atoms with Crippen molar-refractivity contribution in [2.45, 2.75) is 32.0 Å². The quantitative estimate of drug-likeness (QED) is 0.453. The van der Waals surface area contributed by atoms with E-state index >= 15 is 0 Å². The molecular weight excluding hydrogens is 380 g/mol. The molecule has 3 nitrogen and oxygen atoms in total. The summed E-state index contributed by atoms with van der Waals surface area (Å²) >= 11 is 0. The summed E-state index contributed by atoms with van der Waals surface area (Å²) < 4.78 is 27.0. The van der Waals surface area contributed by atoms with Crippen molar-refractivity contribution in [1.29, 1.82) is 0 Å². The molecular formula is C25H27F2N3. The minimum Gasteiger partial charge on any atom is -0.399 e. The maximum Gasteiger partial charge on any atom is 0.123 e. The molecule has 1 atom stereocenters. The normalized spacial score (nSPS) is 16.4. The molecule has 0 saturated heterocycles. The van der Waals surface area contributed by atoms with Crippen molar-refractivity contribution in [3.8, 4) is 0 Å². The highest BCUT2D eigenvalue weighted by Crippen LogP contribution is 2.26. The standard InChI is InChI=1S/C25H27F2N3/c26-22-7-4-18(5-8-22)13-25-15-21-14-23(27)9-6-20(21)17-30(25)11-10-29-16-19-2-1-3-24(28)12-19/h1-9,12,14,25,29H,10-11,13,15-17,28H2. The van der Waals surface area contributed by atoms with Gasteiger partial charge in [-0.3, -0.25) is 4.90 Å². The first-order valence-corrected chi connectivity index (χ1v) is 10.4. The molecule has 0 aromatic heterocycles. The number of halogens is 2. The molecule has 4 rings (SSSR count). The van der Waals surface area contributed by atoms with Crippen molar-refractivity contribution in [2.75, 3.05) is 18.8 Å². The molecule has 3 aromatic rings. The predicted molar refractivity (Wildman–Crippen MR) is 117 cm³/mol. The fraction of sp³-hybridized carbons (Fsp3) is 0.280. The van der Waals surface area contributed by atoms with E-state index in [4.69, 9.17) is 5.73 Å². The number of nitrogen functional groups attached to an aromatic ring is 1. The Morgan fingerprint density at radius 1 is 0.900 bits per heavy atom. The molecule has 1 aliphatic heterocycles. The number of nitrogens with one attached hydrogen (secondary N) is 1. The highest BCUT2D eigenvalue weighted by Gasteiger charge is 2.26. The van der Waals surface area contributed by atoms with Crippen LogP contribution in [0.3, 0.4) is 0 Å². The molecule has 0 aliphatic carbocycles. The molecule has 0 radical (unpaired) electrons. The lowest BCUT2D eigenvalue weighted by molar-refractivity contribution is 0.170. The molecule has 0 saturated carbocycles. The van der Waals surface area contributed by atoms with Crippen LogP contribution in [-0.4, -0.2) is 24.0 Å². The summed E-state index contributed by atoms with van der Waals surface area (Å²) in [5, 5.41) is 3.49. The van der Waals surface area contributed by atoms with Gasteiger partial charge in [-0.25, -0.2) is 8.78 Å². The summed E-state index contributed by atoms with van der Waals surface area (Å²) in [6.07, 6.45) is 1.60. The van der Waals surface area contributed by atoms with Crippen LogP contribution in [0.5, 0.6) is 0 Å². The number of hydrogen-bond acceptors (Lipinski definition) is 3. The van der Waals surface area contributed by atoms with E-state index < -0.39 is 0 Å². The summed E-state index contributed by atoms with van der Waals surface area (Å²) in [5.74, 6) is -0.413. The average molecular weight is 408 g/mol. The zero-order chi connectivity index (χ0) is 20.9. The molecule has 1 aliphatic rings. The van der Waals surface area contributed by atoms with E-state index in [1.165, 1.54) is 23.8 Å². The van der Waals surface area contributed by atoms with E-state index in [1.807, 2.05) is 36.4 Å². The predicted octanol–water partition coefficient (Wildman–Crippen LogP) is 4.31. The summed E-state index contributed by atoms with van der Waals surface area (Å²) in [6.45, 7) is 3.28. The van der Waals surface area contributed by atoms with Crippen LogP contribution < -0.4 is 11.1 Å². The molecule has 0 fully saturated rings. The Morgan fingerprint density at radius 3 is 2.50 bits per heavy atom. The van der Waals surface area contributed by atoms with Gasteiger partial charge in [-0.15, -0.1) is 0 Å². The van der Waals surface area contributed by atoms with Crippen LogP contribution in [-0.2, 0) is 25.9 Å². The minimum absolute atomic E-state index is 0.188. The van der Waals surface area contributed by atoms with E-state index in [2.05, 4.69) is 16.3 Å². The Hall–Kier alpha value is -2.76. The molecule has 3 N–H and O–H groups in total. The fourth-order valence-corrected chi connectivity index (χ4v) is 4.18. The monoisotopic (exact) mass is 407 g/mol. The van der Waals surface area contributed by atoms with Crippen LogP contribution in [0, 0.1) is 11.6 Å². The van der Waals surface area contributed by atoms with E-state index in [0.717, 1.165) is 61.4 Å². The smallest absolute Gasteiger partial charge is 0.123 e. The van der Waals surface area contributed by atoms with Gasteiger partial charge in [0.1, 0.15) is 11.6 Å². The third-order valence-corrected chi connectivity index (χ3v) is 5.75. The van der Waals surface area contributed by atoms with E-state index in [1.54, 1.807) is 6.07 Å². The van der Waals surface area contributed by atoms with Crippen LogP contribution in [0.25, 0.3) is 0 Å². The Labute approximate surface area is 176 Å². The Balaban J connectivity index is 1.42. The Bertz CT molecular complexity index is 988. The Kier molecular flexibility index (Phi) is 6.41. The number of hydrogen-bond donors (Lipinski definition) is 2. The third-order valence-electron chi connectivity index (χ3n) is 5.75. The van der Waals surface area contributed by atoms with Crippen LogP contribution >= 0.6 is 0 Å². The van der Waals surface area contributed by atoms with Crippen molar-refractivity contribution in [1.82, 2.24) is 10.2 Å². The van der Waals surface area contributed by atoms with E-state index in [9.17, 15) is 8.78 Å². The average Bonchev–Trinajstić information content (AvgIpc) is 2.73. The lowest BCUT2D eigenvalue weighted by Gasteiger charge is -2.37. The van der Waals surface area contributed by atoms with Crippen LogP contribution in [0.4, 0.5) is 14.5 Å². The van der Waals surface area contributed by atoms with Crippen molar-refractivity contribution in [3.05, 3.63) is 101 Å². The van der Waals surface area contributed by atoms with Gasteiger partial charge in [0.15, 0.2) is 0 Å². The molecule has 3 aromatic carbocycles. The zero-order valence-electron chi connectivity index (χ0n) is 17.0. The van der Waals surface area contributed by atoms with Crippen LogP contribution in [0.1, 0.15) is 22.3 Å². The summed E-state index contributed by atoms with van der Waals surface area (Å²) in [6, 6.07) is 19.9. The number of nitrogens with two attached hydrogens (primary N) is 1. The number of rotatable bonds is 7. The van der Waals surface area contributed by atoms with Crippen LogP contribution in [0.2, 0.25) is 0 Å². The van der Waals surface area contributed by atoms with Gasteiger partial charge in [0, 0.05) is 37.9 Å². The first kappa shape index (κ1) is 20.5. The molecule has 30 heavy (non-hydrogen) atoms. The Morgan fingerprint density at radius 2 is 1.70 bits per heavy atom. The zero-order valence-corrected chi connectivity index (χ0v) is 17.0. The number of benzene rings is 3. The lowest BCUT2D eigenvalue weighted by Crippen LogP contribution is -2.44. The van der Waals surface area contributed by atoms with Gasteiger partial charge in [-0.1, -0.05) is 30.3 Å². The van der Waals surface area contributed by atoms with Gasteiger partial charge in [0.05, 0.1) is 0 Å². The topological polar surface area (TPSA) is 41.3 Å². The summed E-state index contributed by atoms with van der Waals surface area (Å²) in [4.78, 5) is 2.44. The van der Waals surface area contributed by atoms with Gasteiger partial charge >= 0.3 is 0 Å². The second-order valence-electron chi connectivity index (χ2n) is 7.99. The molecule has 0 spiro atoms. The lowest BCUT2D eigenvalue weighted by atomic mass is 9.90. The highest BCUT2D eigenvalue weighted by molar-refractivity contribution is 5.40. The van der Waals surface area contributed by atoms with Gasteiger partial charge in [0.25, 0.3) is 0 Å². The first-order valence-electron chi connectivity index (χ1n) is 10.4. The molecule has 1 unspecified atom stereocenters. The van der Waals surface area contributed by atoms with Crippen molar-refractivity contribution >= 4 is 5.69 Å². The van der Waals surface area contributed by atoms with Crippen molar-refractivity contribution < 1.29 is 8.78 Å². The number of fused-ring (bicyclic) bond motifs is 1. The summed E-state index contributed by atoms with van der Waals surface area (Å²) in [7, 11) is 0. The second kappa shape index (κ2) is 9.37. The second-order valence-corrected chi connectivity index (χ2v) is 7.99. The van der Waals surface area contributed by atoms with Crippen LogP contribution in [0.15, 0.2) is 66.7 Å². The molecule has 156 valence electrons. The third kappa shape index (κ3) is 5.23. The maximum atomic E-state index is 13.8. The number of nitrogens with zero attached hydrogens (tertiary/aromatic N) is 1. The first-order chi connectivity index (χ1) is 14.6. The van der Waals surface area contributed by atoms with E-state index in [-0.39, 0.29) is 17.7 Å².